The molecule has 0 bridgehead atoms. The molecular formula is C15H30N2. The second kappa shape index (κ2) is 6.75. The Bertz CT molecular complexity index is 211. The van der Waals surface area contributed by atoms with Crippen LogP contribution in [-0.2, 0) is 0 Å². The minimum absolute atomic E-state index is 0.754. The third-order valence-corrected chi connectivity index (χ3v) is 5.10. The Kier molecular flexibility index (Phi) is 5.30. The fourth-order valence-electron chi connectivity index (χ4n) is 3.94. The molecule has 100 valence electrons. The van der Waals surface area contributed by atoms with Crippen molar-refractivity contribution in [2.24, 2.45) is 11.7 Å². The van der Waals surface area contributed by atoms with Gasteiger partial charge in [0.05, 0.1) is 0 Å². The van der Waals surface area contributed by atoms with Crippen LogP contribution in [0.1, 0.15) is 64.2 Å². The van der Waals surface area contributed by atoms with Crippen LogP contribution in [0.25, 0.3) is 0 Å². The molecule has 0 saturated heterocycles. The van der Waals surface area contributed by atoms with Gasteiger partial charge in [-0.15, -0.1) is 0 Å². The van der Waals surface area contributed by atoms with Crippen LogP contribution in [0.4, 0.5) is 0 Å². The Morgan fingerprint density at radius 3 is 2.12 bits per heavy atom. The molecule has 2 aliphatic carbocycles. The Hall–Kier alpha value is -0.0800. The van der Waals surface area contributed by atoms with Gasteiger partial charge in [0, 0.05) is 12.1 Å². The van der Waals surface area contributed by atoms with Gasteiger partial charge in [-0.3, -0.25) is 0 Å². The van der Waals surface area contributed by atoms with E-state index in [2.05, 4.69) is 11.9 Å². The predicted molar refractivity (Wildman–Crippen MR) is 74.1 cm³/mol. The molecule has 2 aliphatic rings. The SMILES string of the molecule is CN(C1CCCCC1)C1CCCCCC1CN. The van der Waals surface area contributed by atoms with Gasteiger partial charge >= 0.3 is 0 Å². The second-order valence-electron chi connectivity index (χ2n) is 6.16. The Balaban J connectivity index is 1.95. The third-order valence-electron chi connectivity index (χ3n) is 5.10. The standard InChI is InChI=1S/C15H30N2/c1-17(14-9-5-3-6-10-14)15-11-7-2-4-8-13(15)12-16/h13-15H,2-12,16H2,1H3. The first-order valence-corrected chi connectivity index (χ1v) is 7.75. The first-order valence-electron chi connectivity index (χ1n) is 7.75. The number of hydrogen-bond acceptors (Lipinski definition) is 2. The van der Waals surface area contributed by atoms with E-state index in [4.69, 9.17) is 5.73 Å². The summed E-state index contributed by atoms with van der Waals surface area (Å²) in [5.41, 5.74) is 6.00. The highest BCUT2D eigenvalue weighted by molar-refractivity contribution is 4.85. The van der Waals surface area contributed by atoms with E-state index in [0.717, 1.165) is 24.5 Å². The molecular weight excluding hydrogens is 208 g/mol. The second-order valence-corrected chi connectivity index (χ2v) is 6.16. The zero-order valence-corrected chi connectivity index (χ0v) is 11.5. The van der Waals surface area contributed by atoms with E-state index in [9.17, 15) is 0 Å². The molecule has 2 nitrogen and oxygen atoms in total. The van der Waals surface area contributed by atoms with Crippen molar-refractivity contribution in [3.8, 4) is 0 Å². The molecule has 0 spiro atoms. The van der Waals surface area contributed by atoms with Crippen molar-refractivity contribution in [2.45, 2.75) is 76.3 Å². The summed E-state index contributed by atoms with van der Waals surface area (Å²) in [6, 6.07) is 1.62. The first kappa shape index (κ1) is 13.4. The van der Waals surface area contributed by atoms with Gasteiger partial charge in [-0.05, 0) is 45.2 Å². The Morgan fingerprint density at radius 1 is 0.882 bits per heavy atom. The van der Waals surface area contributed by atoms with Gasteiger partial charge in [0.15, 0.2) is 0 Å². The van der Waals surface area contributed by atoms with Crippen LogP contribution in [0.2, 0.25) is 0 Å². The van der Waals surface area contributed by atoms with E-state index in [1.165, 1.54) is 64.2 Å². The van der Waals surface area contributed by atoms with Crippen LogP contribution in [0.5, 0.6) is 0 Å². The number of rotatable bonds is 3. The van der Waals surface area contributed by atoms with Crippen LogP contribution in [0.3, 0.4) is 0 Å². The van der Waals surface area contributed by atoms with E-state index in [0.29, 0.717) is 0 Å². The van der Waals surface area contributed by atoms with Crippen molar-refractivity contribution in [1.82, 2.24) is 4.90 Å². The van der Waals surface area contributed by atoms with Crippen LogP contribution < -0.4 is 5.73 Å². The molecule has 2 fully saturated rings. The molecule has 0 aromatic rings. The highest BCUT2D eigenvalue weighted by Crippen LogP contribution is 2.31. The van der Waals surface area contributed by atoms with Gasteiger partial charge in [-0.2, -0.15) is 0 Å². The van der Waals surface area contributed by atoms with Crippen molar-refractivity contribution in [2.75, 3.05) is 13.6 Å². The average Bonchev–Trinajstić information content (AvgIpc) is 2.64. The smallest absolute Gasteiger partial charge is 0.0135 e. The lowest BCUT2D eigenvalue weighted by Crippen LogP contribution is -2.46. The molecule has 17 heavy (non-hydrogen) atoms. The lowest BCUT2D eigenvalue weighted by atomic mass is 9.88. The maximum atomic E-state index is 6.00. The summed E-state index contributed by atoms with van der Waals surface area (Å²) in [5, 5.41) is 0. The Labute approximate surface area is 107 Å². The van der Waals surface area contributed by atoms with Crippen molar-refractivity contribution in [1.29, 1.82) is 0 Å². The van der Waals surface area contributed by atoms with E-state index >= 15 is 0 Å². The van der Waals surface area contributed by atoms with Crippen LogP contribution in [-0.4, -0.2) is 30.6 Å². The zero-order valence-electron chi connectivity index (χ0n) is 11.5. The largest absolute Gasteiger partial charge is 0.330 e. The summed E-state index contributed by atoms with van der Waals surface area (Å²) in [6.45, 7) is 0.891. The molecule has 0 aromatic carbocycles. The highest BCUT2D eigenvalue weighted by Gasteiger charge is 2.30. The summed E-state index contributed by atoms with van der Waals surface area (Å²) in [6.07, 6.45) is 14.2. The minimum Gasteiger partial charge on any atom is -0.330 e. The van der Waals surface area contributed by atoms with Gasteiger partial charge in [-0.1, -0.05) is 38.5 Å². The van der Waals surface area contributed by atoms with E-state index in [1.54, 1.807) is 0 Å². The van der Waals surface area contributed by atoms with Crippen LogP contribution >= 0.6 is 0 Å². The Morgan fingerprint density at radius 2 is 1.47 bits per heavy atom. The summed E-state index contributed by atoms with van der Waals surface area (Å²) >= 11 is 0. The van der Waals surface area contributed by atoms with Crippen molar-refractivity contribution < 1.29 is 0 Å². The van der Waals surface area contributed by atoms with Crippen molar-refractivity contribution in [3.63, 3.8) is 0 Å². The third kappa shape index (κ3) is 3.45. The van der Waals surface area contributed by atoms with Gasteiger partial charge in [0.25, 0.3) is 0 Å². The molecule has 2 rings (SSSR count). The molecule has 0 amide bonds. The summed E-state index contributed by atoms with van der Waals surface area (Å²) in [4.78, 5) is 2.71. The normalized spacial score (nSPS) is 32.6. The quantitative estimate of drug-likeness (QED) is 0.765. The topological polar surface area (TPSA) is 29.3 Å². The highest BCUT2D eigenvalue weighted by atomic mass is 15.2. The fourth-order valence-corrected chi connectivity index (χ4v) is 3.94. The monoisotopic (exact) mass is 238 g/mol. The molecule has 2 N–H and O–H groups in total. The number of hydrogen-bond donors (Lipinski definition) is 1. The minimum atomic E-state index is 0.754. The molecule has 2 heteroatoms. The van der Waals surface area contributed by atoms with E-state index in [1.807, 2.05) is 0 Å². The van der Waals surface area contributed by atoms with Gasteiger partial charge < -0.3 is 10.6 Å². The molecule has 0 aromatic heterocycles. The molecule has 0 radical (unpaired) electrons. The predicted octanol–water partition coefficient (Wildman–Crippen LogP) is 3.16. The maximum Gasteiger partial charge on any atom is 0.0135 e. The van der Waals surface area contributed by atoms with Crippen LogP contribution in [0, 0.1) is 5.92 Å². The number of nitrogens with zero attached hydrogens (tertiary/aromatic N) is 1. The van der Waals surface area contributed by atoms with Gasteiger partial charge in [-0.25, -0.2) is 0 Å². The summed E-state index contributed by atoms with van der Waals surface area (Å²) in [5.74, 6) is 0.754. The fraction of sp³-hybridized carbons (Fsp3) is 1.00. The molecule has 0 aliphatic heterocycles. The number of nitrogens with two attached hydrogens (primary N) is 1. The molecule has 2 saturated carbocycles. The average molecular weight is 238 g/mol. The van der Waals surface area contributed by atoms with E-state index < -0.39 is 0 Å². The first-order chi connectivity index (χ1) is 8.33. The molecule has 2 atom stereocenters. The molecule has 0 heterocycles. The lowest BCUT2D eigenvalue weighted by molar-refractivity contribution is 0.0945. The van der Waals surface area contributed by atoms with Crippen molar-refractivity contribution >= 4 is 0 Å². The van der Waals surface area contributed by atoms with Crippen LogP contribution in [0.15, 0.2) is 0 Å². The van der Waals surface area contributed by atoms with E-state index in [-0.39, 0.29) is 0 Å². The van der Waals surface area contributed by atoms with Crippen molar-refractivity contribution in [3.05, 3.63) is 0 Å². The summed E-state index contributed by atoms with van der Waals surface area (Å²) in [7, 11) is 2.37. The summed E-state index contributed by atoms with van der Waals surface area (Å²) < 4.78 is 0. The van der Waals surface area contributed by atoms with Gasteiger partial charge in [0.2, 0.25) is 0 Å². The maximum absolute atomic E-state index is 6.00. The molecule has 2 unspecified atom stereocenters. The van der Waals surface area contributed by atoms with Gasteiger partial charge in [0.1, 0.15) is 0 Å². The zero-order chi connectivity index (χ0) is 12.1. The lowest BCUT2D eigenvalue weighted by Gasteiger charge is -2.40.